The Morgan fingerprint density at radius 1 is 1.43 bits per heavy atom. The molecular formula is C11H18N2O. The van der Waals surface area contributed by atoms with Gasteiger partial charge in [0, 0.05) is 13.1 Å². The number of nitrogens with zero attached hydrogens (tertiary/aromatic N) is 1. The molecule has 2 N–H and O–H groups in total. The normalized spacial score (nSPS) is 35.1. The van der Waals surface area contributed by atoms with Crippen molar-refractivity contribution in [3.05, 3.63) is 0 Å². The van der Waals surface area contributed by atoms with Crippen molar-refractivity contribution in [2.75, 3.05) is 13.1 Å². The zero-order valence-electron chi connectivity index (χ0n) is 8.54. The first kappa shape index (κ1) is 8.72. The lowest BCUT2D eigenvalue weighted by Crippen LogP contribution is -2.63. The van der Waals surface area contributed by atoms with Gasteiger partial charge in [0.05, 0.1) is 0 Å². The van der Waals surface area contributed by atoms with Crippen LogP contribution >= 0.6 is 0 Å². The van der Waals surface area contributed by atoms with Gasteiger partial charge in [-0.05, 0) is 37.0 Å². The van der Waals surface area contributed by atoms with E-state index >= 15 is 0 Å². The van der Waals surface area contributed by atoms with E-state index in [9.17, 15) is 4.79 Å². The molecule has 1 amide bonds. The summed E-state index contributed by atoms with van der Waals surface area (Å²) in [6.45, 7) is 1.80. The molecule has 2 aliphatic carbocycles. The highest BCUT2D eigenvalue weighted by Gasteiger charge is 2.51. The fourth-order valence-electron chi connectivity index (χ4n) is 3.07. The number of β-lactam (4-membered cyclic amide) rings is 1. The van der Waals surface area contributed by atoms with Crippen LogP contribution in [0, 0.1) is 11.3 Å². The maximum Gasteiger partial charge on any atom is 0.241 e. The largest absolute Gasteiger partial charge is 0.339 e. The summed E-state index contributed by atoms with van der Waals surface area (Å²) in [6, 6.07) is -0.189. The summed E-state index contributed by atoms with van der Waals surface area (Å²) in [5, 5.41) is 0. The summed E-state index contributed by atoms with van der Waals surface area (Å²) in [5.74, 6) is 1.11. The molecular weight excluding hydrogens is 176 g/mol. The van der Waals surface area contributed by atoms with Gasteiger partial charge >= 0.3 is 0 Å². The molecule has 3 fully saturated rings. The molecule has 3 nitrogen and oxygen atoms in total. The van der Waals surface area contributed by atoms with Gasteiger partial charge in [0.1, 0.15) is 6.04 Å². The first-order chi connectivity index (χ1) is 6.71. The highest BCUT2D eigenvalue weighted by molar-refractivity contribution is 5.87. The summed E-state index contributed by atoms with van der Waals surface area (Å²) in [6.07, 6.45) is 6.85. The van der Waals surface area contributed by atoms with Crippen LogP contribution < -0.4 is 5.73 Å². The number of rotatable bonds is 3. The van der Waals surface area contributed by atoms with E-state index < -0.39 is 0 Å². The molecule has 0 radical (unpaired) electrons. The van der Waals surface area contributed by atoms with Gasteiger partial charge in [-0.2, -0.15) is 0 Å². The summed E-state index contributed by atoms with van der Waals surface area (Å²) in [7, 11) is 0. The fourth-order valence-corrected chi connectivity index (χ4v) is 3.07. The molecule has 1 saturated heterocycles. The van der Waals surface area contributed by atoms with Gasteiger partial charge in [-0.25, -0.2) is 0 Å². The highest BCUT2D eigenvalue weighted by atomic mass is 16.2. The van der Waals surface area contributed by atoms with Crippen molar-refractivity contribution in [3.8, 4) is 0 Å². The number of hydrogen-bond donors (Lipinski definition) is 1. The molecule has 3 aliphatic rings. The first-order valence-electron chi connectivity index (χ1n) is 5.76. The number of nitrogens with two attached hydrogens (primary N) is 1. The van der Waals surface area contributed by atoms with E-state index in [1.807, 2.05) is 4.90 Å². The third-order valence-electron chi connectivity index (χ3n) is 4.34. The average Bonchev–Trinajstić information content (AvgIpc) is 2.92. The molecule has 1 atom stereocenters. The van der Waals surface area contributed by atoms with Crippen molar-refractivity contribution < 1.29 is 4.79 Å². The molecule has 2 saturated carbocycles. The van der Waals surface area contributed by atoms with Crippen molar-refractivity contribution in [2.24, 2.45) is 17.1 Å². The molecule has 3 heteroatoms. The number of likely N-dealkylation sites (tertiary alicyclic amines) is 1. The minimum absolute atomic E-state index is 0.178. The zero-order valence-corrected chi connectivity index (χ0v) is 8.54. The van der Waals surface area contributed by atoms with Crippen LogP contribution in [0.3, 0.4) is 0 Å². The quantitative estimate of drug-likeness (QED) is 0.673. The number of carbonyl (C=O) groups is 1. The van der Waals surface area contributed by atoms with E-state index in [1.54, 1.807) is 0 Å². The van der Waals surface area contributed by atoms with E-state index in [0.717, 1.165) is 19.0 Å². The maximum atomic E-state index is 11.4. The van der Waals surface area contributed by atoms with Crippen LogP contribution in [0.2, 0.25) is 0 Å². The van der Waals surface area contributed by atoms with Gasteiger partial charge in [-0.15, -0.1) is 0 Å². The molecule has 0 aromatic carbocycles. The van der Waals surface area contributed by atoms with Gasteiger partial charge in [-0.3, -0.25) is 4.79 Å². The summed E-state index contributed by atoms with van der Waals surface area (Å²) in [4.78, 5) is 13.4. The SMILES string of the molecule is NC1CN(CC2(C3CC3)CCC2)C1=O. The number of hydrogen-bond acceptors (Lipinski definition) is 2. The summed E-state index contributed by atoms with van der Waals surface area (Å²) in [5.41, 5.74) is 6.11. The number of amides is 1. The third-order valence-corrected chi connectivity index (χ3v) is 4.34. The predicted octanol–water partition coefficient (Wildman–Crippen LogP) is 0.736. The van der Waals surface area contributed by atoms with E-state index in [-0.39, 0.29) is 11.9 Å². The van der Waals surface area contributed by atoms with Crippen molar-refractivity contribution in [3.63, 3.8) is 0 Å². The van der Waals surface area contributed by atoms with Crippen molar-refractivity contribution in [1.29, 1.82) is 0 Å². The van der Waals surface area contributed by atoms with Crippen LogP contribution in [0.1, 0.15) is 32.1 Å². The minimum atomic E-state index is -0.189. The van der Waals surface area contributed by atoms with Crippen LogP contribution in [-0.4, -0.2) is 29.9 Å². The lowest BCUT2D eigenvalue weighted by atomic mass is 9.64. The Morgan fingerprint density at radius 2 is 2.14 bits per heavy atom. The standard InChI is InChI=1S/C11H18N2O/c12-9-6-13(10(9)14)7-11(4-1-5-11)8-2-3-8/h8-9H,1-7,12H2. The Hall–Kier alpha value is -0.570. The van der Waals surface area contributed by atoms with Gasteiger partial charge in [0.15, 0.2) is 0 Å². The van der Waals surface area contributed by atoms with Gasteiger partial charge in [0.25, 0.3) is 0 Å². The molecule has 78 valence electrons. The number of carbonyl (C=O) groups excluding carboxylic acids is 1. The molecule has 0 bridgehead atoms. The van der Waals surface area contributed by atoms with Gasteiger partial charge < -0.3 is 10.6 Å². The molecule has 3 rings (SSSR count). The first-order valence-corrected chi connectivity index (χ1v) is 5.76. The lowest BCUT2D eigenvalue weighted by molar-refractivity contribution is -0.146. The second-order valence-corrected chi connectivity index (χ2v) is 5.32. The van der Waals surface area contributed by atoms with Crippen LogP contribution in [-0.2, 0) is 4.79 Å². The molecule has 14 heavy (non-hydrogen) atoms. The lowest BCUT2D eigenvalue weighted by Gasteiger charge is -2.49. The monoisotopic (exact) mass is 194 g/mol. The fraction of sp³-hybridized carbons (Fsp3) is 0.909. The maximum absolute atomic E-state index is 11.4. The third kappa shape index (κ3) is 1.11. The van der Waals surface area contributed by atoms with E-state index in [1.165, 1.54) is 32.1 Å². The molecule has 0 aromatic heterocycles. The molecule has 0 spiro atoms. The zero-order chi connectivity index (χ0) is 9.76. The van der Waals surface area contributed by atoms with Crippen LogP contribution in [0.25, 0.3) is 0 Å². The Labute approximate surface area is 84.6 Å². The van der Waals surface area contributed by atoms with E-state index in [4.69, 9.17) is 5.73 Å². The summed E-state index contributed by atoms with van der Waals surface area (Å²) >= 11 is 0. The van der Waals surface area contributed by atoms with Crippen LogP contribution in [0.4, 0.5) is 0 Å². The van der Waals surface area contributed by atoms with Crippen molar-refractivity contribution >= 4 is 5.91 Å². The van der Waals surface area contributed by atoms with Crippen LogP contribution in [0.15, 0.2) is 0 Å². The van der Waals surface area contributed by atoms with E-state index in [2.05, 4.69) is 0 Å². The second kappa shape index (κ2) is 2.72. The second-order valence-electron chi connectivity index (χ2n) is 5.32. The molecule has 1 aliphatic heterocycles. The Kier molecular flexibility index (Phi) is 1.69. The smallest absolute Gasteiger partial charge is 0.241 e. The predicted molar refractivity (Wildman–Crippen MR) is 53.6 cm³/mol. The topological polar surface area (TPSA) is 46.3 Å². The Bertz CT molecular complexity index is 268. The molecule has 1 heterocycles. The Balaban J connectivity index is 1.63. The van der Waals surface area contributed by atoms with Gasteiger partial charge in [0.2, 0.25) is 5.91 Å². The highest BCUT2D eigenvalue weighted by Crippen LogP contribution is 2.57. The van der Waals surface area contributed by atoms with Crippen molar-refractivity contribution in [1.82, 2.24) is 4.90 Å². The van der Waals surface area contributed by atoms with Gasteiger partial charge in [-0.1, -0.05) is 6.42 Å². The molecule has 0 aromatic rings. The van der Waals surface area contributed by atoms with Crippen molar-refractivity contribution in [2.45, 2.75) is 38.1 Å². The Morgan fingerprint density at radius 3 is 2.50 bits per heavy atom. The summed E-state index contributed by atoms with van der Waals surface area (Å²) < 4.78 is 0. The molecule has 1 unspecified atom stereocenters. The van der Waals surface area contributed by atoms with Crippen LogP contribution in [0.5, 0.6) is 0 Å². The van der Waals surface area contributed by atoms with E-state index in [0.29, 0.717) is 5.41 Å². The minimum Gasteiger partial charge on any atom is -0.339 e. The average molecular weight is 194 g/mol.